The lowest BCUT2D eigenvalue weighted by molar-refractivity contribution is -0.149. The third kappa shape index (κ3) is 4.22. The lowest BCUT2D eigenvalue weighted by Crippen LogP contribution is -2.63. The van der Waals surface area contributed by atoms with Crippen molar-refractivity contribution in [2.75, 3.05) is 6.54 Å². The van der Waals surface area contributed by atoms with Crippen LogP contribution in [-0.4, -0.2) is 35.3 Å². The highest BCUT2D eigenvalue weighted by molar-refractivity contribution is 5.96. The highest BCUT2D eigenvalue weighted by atomic mass is 16.2. The minimum Gasteiger partial charge on any atom is -0.343 e. The van der Waals surface area contributed by atoms with Gasteiger partial charge in [0, 0.05) is 6.54 Å². The van der Waals surface area contributed by atoms with Crippen molar-refractivity contribution >= 4 is 11.8 Å². The van der Waals surface area contributed by atoms with Gasteiger partial charge >= 0.3 is 0 Å². The number of carbonyl (C=O) groups is 2. The Morgan fingerprint density at radius 3 is 2.45 bits per heavy atom. The molecule has 1 N–H and O–H groups in total. The number of nitrogens with zero attached hydrogens (tertiary/aromatic N) is 1. The van der Waals surface area contributed by atoms with Crippen LogP contribution in [-0.2, 0) is 9.59 Å². The molecule has 0 radical (unpaired) electrons. The minimum absolute atomic E-state index is 0.00612. The smallest absolute Gasteiger partial charge is 0.245 e. The van der Waals surface area contributed by atoms with Crippen LogP contribution in [0.1, 0.15) is 66.2 Å². The van der Waals surface area contributed by atoms with Crippen LogP contribution in [0, 0.1) is 5.92 Å². The average molecular weight is 282 g/mol. The van der Waals surface area contributed by atoms with Crippen LogP contribution in [0.2, 0.25) is 0 Å². The van der Waals surface area contributed by atoms with Gasteiger partial charge in [-0.3, -0.25) is 9.59 Å². The Hall–Kier alpha value is -1.06. The molecule has 116 valence electrons. The molecule has 20 heavy (non-hydrogen) atoms. The van der Waals surface area contributed by atoms with E-state index in [9.17, 15) is 9.59 Å². The quantitative estimate of drug-likeness (QED) is 0.744. The lowest BCUT2D eigenvalue weighted by Gasteiger charge is -2.39. The Kier molecular flexibility index (Phi) is 7.03. The number of rotatable bonds is 8. The second-order valence-electron chi connectivity index (χ2n) is 5.93. The number of hydrogen-bond donors (Lipinski definition) is 1. The summed E-state index contributed by atoms with van der Waals surface area (Å²) < 4.78 is 0. The van der Waals surface area contributed by atoms with Gasteiger partial charge in [-0.15, -0.1) is 0 Å². The van der Waals surface area contributed by atoms with E-state index >= 15 is 0 Å². The van der Waals surface area contributed by atoms with Crippen molar-refractivity contribution in [3.63, 3.8) is 0 Å². The van der Waals surface area contributed by atoms with Gasteiger partial charge in [0.2, 0.25) is 11.8 Å². The molecule has 2 amide bonds. The van der Waals surface area contributed by atoms with E-state index in [-0.39, 0.29) is 23.9 Å². The first-order valence-corrected chi connectivity index (χ1v) is 8.15. The van der Waals surface area contributed by atoms with Crippen molar-refractivity contribution in [1.82, 2.24) is 10.2 Å². The number of amides is 2. The standard InChI is InChI=1S/C16H30N2O2/c1-5-8-10-13(7-3)11-18-12(4)15(19)17-14(9-6-2)16(18)20/h12-14H,5-11H2,1-4H3,(H,17,19). The van der Waals surface area contributed by atoms with E-state index in [4.69, 9.17) is 0 Å². The van der Waals surface area contributed by atoms with Crippen LogP contribution in [0.3, 0.4) is 0 Å². The fraction of sp³-hybridized carbons (Fsp3) is 0.875. The molecule has 0 spiro atoms. The molecule has 1 heterocycles. The molecular weight excluding hydrogens is 252 g/mol. The summed E-state index contributed by atoms with van der Waals surface area (Å²) in [6.45, 7) is 8.96. The van der Waals surface area contributed by atoms with E-state index in [1.54, 1.807) is 0 Å². The maximum absolute atomic E-state index is 12.5. The van der Waals surface area contributed by atoms with Crippen LogP contribution in [0.25, 0.3) is 0 Å². The van der Waals surface area contributed by atoms with Gasteiger partial charge in [0.05, 0.1) is 0 Å². The van der Waals surface area contributed by atoms with E-state index in [1.165, 1.54) is 12.8 Å². The van der Waals surface area contributed by atoms with Crippen molar-refractivity contribution in [2.45, 2.75) is 78.3 Å². The monoisotopic (exact) mass is 282 g/mol. The SMILES string of the molecule is CCCCC(CC)CN1C(=O)C(CCC)NC(=O)C1C. The summed E-state index contributed by atoms with van der Waals surface area (Å²) in [5.41, 5.74) is 0. The molecule has 4 heteroatoms. The molecule has 0 aromatic heterocycles. The third-order valence-corrected chi connectivity index (χ3v) is 4.32. The van der Waals surface area contributed by atoms with Gasteiger partial charge in [-0.05, 0) is 25.7 Å². The predicted molar refractivity (Wildman–Crippen MR) is 81.3 cm³/mol. The average Bonchev–Trinajstić information content (AvgIpc) is 2.44. The van der Waals surface area contributed by atoms with Crippen molar-refractivity contribution in [2.24, 2.45) is 5.92 Å². The van der Waals surface area contributed by atoms with Gasteiger partial charge in [-0.2, -0.15) is 0 Å². The fourth-order valence-corrected chi connectivity index (χ4v) is 2.81. The van der Waals surface area contributed by atoms with Crippen LogP contribution in [0.15, 0.2) is 0 Å². The van der Waals surface area contributed by atoms with Gasteiger partial charge in [-0.1, -0.05) is 46.5 Å². The molecule has 3 unspecified atom stereocenters. The van der Waals surface area contributed by atoms with Gasteiger partial charge in [0.15, 0.2) is 0 Å². The fourth-order valence-electron chi connectivity index (χ4n) is 2.81. The molecule has 0 aromatic carbocycles. The van der Waals surface area contributed by atoms with Crippen molar-refractivity contribution in [1.29, 1.82) is 0 Å². The summed E-state index contributed by atoms with van der Waals surface area (Å²) in [4.78, 5) is 26.3. The van der Waals surface area contributed by atoms with Gasteiger partial charge in [-0.25, -0.2) is 0 Å². The second kappa shape index (κ2) is 8.28. The van der Waals surface area contributed by atoms with Crippen LogP contribution in [0.4, 0.5) is 0 Å². The summed E-state index contributed by atoms with van der Waals surface area (Å²) in [6, 6.07) is -0.640. The minimum atomic E-state index is -0.328. The summed E-state index contributed by atoms with van der Waals surface area (Å²) in [5.74, 6) is 0.608. The van der Waals surface area contributed by atoms with Crippen molar-refractivity contribution in [3.05, 3.63) is 0 Å². The molecular formula is C16H30N2O2. The molecule has 0 aliphatic carbocycles. The maximum atomic E-state index is 12.5. The largest absolute Gasteiger partial charge is 0.343 e. The molecule has 1 aliphatic rings. The second-order valence-corrected chi connectivity index (χ2v) is 5.93. The highest BCUT2D eigenvalue weighted by Crippen LogP contribution is 2.20. The number of carbonyl (C=O) groups excluding carboxylic acids is 2. The Balaban J connectivity index is 2.72. The molecule has 1 aliphatic heterocycles. The van der Waals surface area contributed by atoms with Crippen LogP contribution >= 0.6 is 0 Å². The van der Waals surface area contributed by atoms with Gasteiger partial charge < -0.3 is 10.2 Å². The zero-order valence-corrected chi connectivity index (χ0v) is 13.4. The predicted octanol–water partition coefficient (Wildman–Crippen LogP) is 2.72. The number of unbranched alkanes of at least 4 members (excludes halogenated alkanes) is 1. The Bertz CT molecular complexity index is 330. The zero-order chi connectivity index (χ0) is 15.1. The zero-order valence-electron chi connectivity index (χ0n) is 13.4. The maximum Gasteiger partial charge on any atom is 0.245 e. The molecule has 4 nitrogen and oxygen atoms in total. The molecule has 1 fully saturated rings. The topological polar surface area (TPSA) is 49.4 Å². The summed E-state index contributed by atoms with van der Waals surface area (Å²) in [6.07, 6.45) is 6.23. The third-order valence-electron chi connectivity index (χ3n) is 4.32. The molecule has 0 bridgehead atoms. The summed E-state index contributed by atoms with van der Waals surface area (Å²) in [5, 5.41) is 2.85. The van der Waals surface area contributed by atoms with Crippen molar-refractivity contribution < 1.29 is 9.59 Å². The summed E-state index contributed by atoms with van der Waals surface area (Å²) in [7, 11) is 0. The number of nitrogens with one attached hydrogen (secondary N) is 1. The first-order chi connectivity index (χ1) is 9.54. The first kappa shape index (κ1) is 17.0. The molecule has 0 aromatic rings. The van der Waals surface area contributed by atoms with E-state index < -0.39 is 0 Å². The Morgan fingerprint density at radius 2 is 1.90 bits per heavy atom. The normalized spacial score (nSPS) is 24.7. The molecule has 3 atom stereocenters. The van der Waals surface area contributed by atoms with E-state index in [2.05, 4.69) is 19.2 Å². The van der Waals surface area contributed by atoms with Crippen LogP contribution < -0.4 is 5.32 Å². The van der Waals surface area contributed by atoms with Gasteiger partial charge in [0.25, 0.3) is 0 Å². The van der Waals surface area contributed by atoms with Gasteiger partial charge in [0.1, 0.15) is 12.1 Å². The van der Waals surface area contributed by atoms with Crippen molar-refractivity contribution in [3.8, 4) is 0 Å². The first-order valence-electron chi connectivity index (χ1n) is 8.15. The number of piperazine rings is 1. The lowest BCUT2D eigenvalue weighted by atomic mass is 9.96. The molecule has 1 rings (SSSR count). The summed E-state index contributed by atoms with van der Waals surface area (Å²) >= 11 is 0. The van der Waals surface area contributed by atoms with E-state index in [0.29, 0.717) is 5.92 Å². The Labute approximate surface area is 123 Å². The number of hydrogen-bond acceptors (Lipinski definition) is 2. The molecule has 0 saturated carbocycles. The van der Waals surface area contributed by atoms with E-state index in [0.717, 1.165) is 32.2 Å². The highest BCUT2D eigenvalue weighted by Gasteiger charge is 2.37. The Morgan fingerprint density at radius 1 is 1.20 bits per heavy atom. The van der Waals surface area contributed by atoms with E-state index in [1.807, 2.05) is 18.7 Å². The molecule has 1 saturated heterocycles. The van der Waals surface area contributed by atoms with Crippen LogP contribution in [0.5, 0.6) is 0 Å².